The van der Waals surface area contributed by atoms with Gasteiger partial charge in [0.25, 0.3) is 0 Å². The van der Waals surface area contributed by atoms with E-state index in [-0.39, 0.29) is 0 Å². The van der Waals surface area contributed by atoms with Gasteiger partial charge >= 0.3 is 0 Å². The molecule has 80 valence electrons. The highest BCUT2D eigenvalue weighted by molar-refractivity contribution is 5.81. The van der Waals surface area contributed by atoms with Crippen LogP contribution in [0.5, 0.6) is 0 Å². The van der Waals surface area contributed by atoms with Gasteiger partial charge in [0, 0.05) is 31.3 Å². The number of nitrogens with zero attached hydrogens (tertiary/aromatic N) is 1. The van der Waals surface area contributed by atoms with Gasteiger partial charge < -0.3 is 5.32 Å². The first-order valence-electron chi connectivity index (χ1n) is 5.48. The SMILES string of the molecule is O=C(Cc1cccnc1)CC1CCCN1. The zero-order valence-electron chi connectivity index (χ0n) is 8.78. The lowest BCUT2D eigenvalue weighted by molar-refractivity contribution is -0.118. The van der Waals surface area contributed by atoms with Crippen LogP contribution in [0.15, 0.2) is 24.5 Å². The van der Waals surface area contributed by atoms with Gasteiger partial charge in [-0.2, -0.15) is 0 Å². The molecule has 0 amide bonds. The third kappa shape index (κ3) is 3.13. The van der Waals surface area contributed by atoms with E-state index in [9.17, 15) is 4.79 Å². The normalized spacial score (nSPS) is 20.4. The number of Topliss-reactive ketones (excluding diaryl/α,β-unsaturated/α-hetero) is 1. The van der Waals surface area contributed by atoms with Crippen LogP contribution in [0.1, 0.15) is 24.8 Å². The zero-order valence-corrected chi connectivity index (χ0v) is 8.78. The molecule has 0 aliphatic carbocycles. The molecule has 3 heteroatoms. The highest BCUT2D eigenvalue weighted by Crippen LogP contribution is 2.10. The second-order valence-corrected chi connectivity index (χ2v) is 4.07. The van der Waals surface area contributed by atoms with Gasteiger partial charge in [0.05, 0.1) is 0 Å². The summed E-state index contributed by atoms with van der Waals surface area (Å²) in [6.45, 7) is 1.06. The fourth-order valence-corrected chi connectivity index (χ4v) is 2.01. The van der Waals surface area contributed by atoms with Crippen molar-refractivity contribution in [3.8, 4) is 0 Å². The van der Waals surface area contributed by atoms with E-state index in [2.05, 4.69) is 10.3 Å². The van der Waals surface area contributed by atoms with Crippen LogP contribution in [0.2, 0.25) is 0 Å². The number of carbonyl (C=O) groups is 1. The molecule has 3 nitrogen and oxygen atoms in total. The van der Waals surface area contributed by atoms with E-state index < -0.39 is 0 Å². The highest BCUT2D eigenvalue weighted by Gasteiger charge is 2.17. The molecule has 0 spiro atoms. The Bertz CT molecular complexity index is 318. The van der Waals surface area contributed by atoms with Gasteiger partial charge in [-0.05, 0) is 31.0 Å². The minimum Gasteiger partial charge on any atom is -0.314 e. The van der Waals surface area contributed by atoms with Crippen molar-refractivity contribution in [1.29, 1.82) is 0 Å². The molecule has 2 heterocycles. The van der Waals surface area contributed by atoms with Crippen LogP contribution in [0.25, 0.3) is 0 Å². The monoisotopic (exact) mass is 204 g/mol. The number of rotatable bonds is 4. The maximum absolute atomic E-state index is 11.7. The Labute approximate surface area is 89.9 Å². The van der Waals surface area contributed by atoms with Crippen molar-refractivity contribution in [3.05, 3.63) is 30.1 Å². The quantitative estimate of drug-likeness (QED) is 0.804. The van der Waals surface area contributed by atoms with Crippen LogP contribution in [-0.2, 0) is 11.2 Å². The summed E-state index contributed by atoms with van der Waals surface area (Å²) in [7, 11) is 0. The molecule has 0 saturated carbocycles. The van der Waals surface area contributed by atoms with Gasteiger partial charge in [0.2, 0.25) is 0 Å². The van der Waals surface area contributed by atoms with Gasteiger partial charge in [-0.3, -0.25) is 9.78 Å². The Morgan fingerprint density at radius 2 is 2.53 bits per heavy atom. The molecular weight excluding hydrogens is 188 g/mol. The molecule has 1 aromatic heterocycles. The second-order valence-electron chi connectivity index (χ2n) is 4.07. The van der Waals surface area contributed by atoms with E-state index in [0.29, 0.717) is 24.7 Å². The topological polar surface area (TPSA) is 42.0 Å². The summed E-state index contributed by atoms with van der Waals surface area (Å²) in [5.41, 5.74) is 1.01. The molecule has 0 aromatic carbocycles. The predicted molar refractivity (Wildman–Crippen MR) is 58.6 cm³/mol. The van der Waals surface area contributed by atoms with Crippen LogP contribution < -0.4 is 5.32 Å². The van der Waals surface area contributed by atoms with Crippen molar-refractivity contribution in [2.75, 3.05) is 6.54 Å². The molecule has 2 rings (SSSR count). The van der Waals surface area contributed by atoms with E-state index in [1.54, 1.807) is 12.4 Å². The smallest absolute Gasteiger partial charge is 0.138 e. The third-order valence-electron chi connectivity index (χ3n) is 2.76. The molecule has 0 radical (unpaired) electrons. The minimum atomic E-state index is 0.308. The average molecular weight is 204 g/mol. The Morgan fingerprint density at radius 3 is 3.20 bits per heavy atom. The van der Waals surface area contributed by atoms with E-state index in [1.807, 2.05) is 12.1 Å². The number of ketones is 1. The maximum Gasteiger partial charge on any atom is 0.138 e. The Hall–Kier alpha value is -1.22. The highest BCUT2D eigenvalue weighted by atomic mass is 16.1. The molecule has 15 heavy (non-hydrogen) atoms. The number of pyridine rings is 1. The van der Waals surface area contributed by atoms with Gasteiger partial charge in [-0.15, -0.1) is 0 Å². The third-order valence-corrected chi connectivity index (χ3v) is 2.76. The van der Waals surface area contributed by atoms with E-state index in [1.165, 1.54) is 6.42 Å². The van der Waals surface area contributed by atoms with Crippen LogP contribution in [0.4, 0.5) is 0 Å². The minimum absolute atomic E-state index is 0.308. The fourth-order valence-electron chi connectivity index (χ4n) is 2.01. The molecule has 1 aliphatic heterocycles. The molecule has 1 aromatic rings. The van der Waals surface area contributed by atoms with Gasteiger partial charge in [0.1, 0.15) is 5.78 Å². The van der Waals surface area contributed by atoms with Crippen molar-refractivity contribution in [2.24, 2.45) is 0 Å². The number of hydrogen-bond donors (Lipinski definition) is 1. The standard InChI is InChI=1S/C12H16N2O/c15-12(8-11-4-2-6-14-11)7-10-3-1-5-13-9-10/h1,3,5,9,11,14H,2,4,6-8H2. The van der Waals surface area contributed by atoms with Crippen molar-refractivity contribution >= 4 is 5.78 Å². The summed E-state index contributed by atoms with van der Waals surface area (Å²) in [5, 5.41) is 3.34. The second kappa shape index (κ2) is 5.03. The summed E-state index contributed by atoms with van der Waals surface area (Å²) >= 11 is 0. The zero-order chi connectivity index (χ0) is 10.5. The Balaban J connectivity index is 1.82. The Morgan fingerprint density at radius 1 is 1.60 bits per heavy atom. The number of nitrogens with one attached hydrogen (secondary N) is 1. The molecular formula is C12H16N2O. The summed E-state index contributed by atoms with van der Waals surface area (Å²) < 4.78 is 0. The number of hydrogen-bond acceptors (Lipinski definition) is 3. The summed E-state index contributed by atoms with van der Waals surface area (Å²) in [6, 6.07) is 4.23. The van der Waals surface area contributed by atoms with Gasteiger partial charge in [0.15, 0.2) is 0 Å². The number of aromatic nitrogens is 1. The largest absolute Gasteiger partial charge is 0.314 e. The molecule has 1 atom stereocenters. The van der Waals surface area contributed by atoms with E-state index in [4.69, 9.17) is 0 Å². The van der Waals surface area contributed by atoms with Crippen LogP contribution in [0.3, 0.4) is 0 Å². The lowest BCUT2D eigenvalue weighted by atomic mass is 10.0. The van der Waals surface area contributed by atoms with Gasteiger partial charge in [-0.25, -0.2) is 0 Å². The lowest BCUT2D eigenvalue weighted by Gasteiger charge is -2.08. The van der Waals surface area contributed by atoms with E-state index in [0.717, 1.165) is 18.5 Å². The molecule has 1 saturated heterocycles. The molecule has 1 fully saturated rings. The first-order chi connectivity index (χ1) is 7.34. The maximum atomic E-state index is 11.7. The van der Waals surface area contributed by atoms with E-state index >= 15 is 0 Å². The lowest BCUT2D eigenvalue weighted by Crippen LogP contribution is -2.25. The van der Waals surface area contributed by atoms with Crippen molar-refractivity contribution < 1.29 is 4.79 Å². The van der Waals surface area contributed by atoms with Crippen molar-refractivity contribution in [1.82, 2.24) is 10.3 Å². The fraction of sp³-hybridized carbons (Fsp3) is 0.500. The summed E-state index contributed by atoms with van der Waals surface area (Å²) in [5.74, 6) is 0.308. The van der Waals surface area contributed by atoms with Crippen LogP contribution in [0, 0.1) is 0 Å². The number of carbonyl (C=O) groups excluding carboxylic acids is 1. The first kappa shape index (κ1) is 10.3. The van der Waals surface area contributed by atoms with Gasteiger partial charge in [-0.1, -0.05) is 6.07 Å². The summed E-state index contributed by atoms with van der Waals surface area (Å²) in [6.07, 6.45) is 7.01. The Kier molecular flexibility index (Phi) is 3.45. The molecule has 1 N–H and O–H groups in total. The van der Waals surface area contributed by atoms with Crippen molar-refractivity contribution in [2.45, 2.75) is 31.7 Å². The van der Waals surface area contributed by atoms with Crippen molar-refractivity contribution in [3.63, 3.8) is 0 Å². The van der Waals surface area contributed by atoms with Crippen LogP contribution in [-0.4, -0.2) is 23.4 Å². The molecule has 1 unspecified atom stereocenters. The first-order valence-corrected chi connectivity index (χ1v) is 5.48. The molecule has 1 aliphatic rings. The molecule has 0 bridgehead atoms. The summed E-state index contributed by atoms with van der Waals surface area (Å²) in [4.78, 5) is 15.7. The predicted octanol–water partition coefficient (Wildman–Crippen LogP) is 1.34. The average Bonchev–Trinajstić information content (AvgIpc) is 2.71. The van der Waals surface area contributed by atoms with Crippen LogP contribution >= 0.6 is 0 Å².